The van der Waals surface area contributed by atoms with Crippen LogP contribution in [0.15, 0.2) is 29.2 Å². The standard InChI is InChI=1S/C15H18ClN3S/c1-9(2)14-10(3)18-13(19-15(14)17)8-20-12-6-4-11(16)5-7-12/h4-7,9H,8H2,1-3H3,(H2,17,18,19). The number of hydrogen-bond donors (Lipinski definition) is 1. The molecule has 0 aliphatic carbocycles. The molecule has 0 unspecified atom stereocenters. The maximum absolute atomic E-state index is 6.03. The van der Waals surface area contributed by atoms with Crippen molar-refractivity contribution in [3.8, 4) is 0 Å². The summed E-state index contributed by atoms with van der Waals surface area (Å²) in [5.74, 6) is 2.40. The van der Waals surface area contributed by atoms with Crippen molar-refractivity contribution < 1.29 is 0 Å². The van der Waals surface area contributed by atoms with Gasteiger partial charge in [-0.15, -0.1) is 11.8 Å². The van der Waals surface area contributed by atoms with Crippen LogP contribution in [0.3, 0.4) is 0 Å². The summed E-state index contributed by atoms with van der Waals surface area (Å²) in [4.78, 5) is 10.1. The summed E-state index contributed by atoms with van der Waals surface area (Å²) in [6, 6.07) is 7.75. The van der Waals surface area contributed by atoms with Crippen molar-refractivity contribution in [3.05, 3.63) is 46.4 Å². The summed E-state index contributed by atoms with van der Waals surface area (Å²) in [6.07, 6.45) is 0. The first kappa shape index (κ1) is 15.1. The molecular weight excluding hydrogens is 290 g/mol. The molecule has 0 amide bonds. The summed E-state index contributed by atoms with van der Waals surface area (Å²) in [7, 11) is 0. The van der Waals surface area contributed by atoms with Gasteiger partial charge in [-0.05, 0) is 37.1 Å². The molecule has 1 aromatic carbocycles. The van der Waals surface area contributed by atoms with Crippen molar-refractivity contribution in [2.45, 2.75) is 37.3 Å². The number of halogens is 1. The maximum Gasteiger partial charge on any atom is 0.141 e. The van der Waals surface area contributed by atoms with E-state index in [4.69, 9.17) is 17.3 Å². The van der Waals surface area contributed by atoms with E-state index in [1.54, 1.807) is 11.8 Å². The topological polar surface area (TPSA) is 51.8 Å². The van der Waals surface area contributed by atoms with E-state index < -0.39 is 0 Å². The minimum absolute atomic E-state index is 0.341. The van der Waals surface area contributed by atoms with E-state index in [9.17, 15) is 0 Å². The number of anilines is 1. The third kappa shape index (κ3) is 3.64. The second-order valence-corrected chi connectivity index (χ2v) is 6.41. The minimum Gasteiger partial charge on any atom is -0.383 e. The lowest BCUT2D eigenvalue weighted by Gasteiger charge is -2.13. The van der Waals surface area contributed by atoms with Crippen LogP contribution in [-0.4, -0.2) is 9.97 Å². The van der Waals surface area contributed by atoms with Gasteiger partial charge in [-0.1, -0.05) is 25.4 Å². The molecule has 0 radical (unpaired) electrons. The smallest absolute Gasteiger partial charge is 0.141 e. The van der Waals surface area contributed by atoms with Gasteiger partial charge in [0.05, 0.1) is 5.75 Å². The largest absolute Gasteiger partial charge is 0.383 e. The average molecular weight is 308 g/mol. The summed E-state index contributed by atoms with van der Waals surface area (Å²) in [6.45, 7) is 6.19. The summed E-state index contributed by atoms with van der Waals surface area (Å²) < 4.78 is 0. The highest BCUT2D eigenvalue weighted by Crippen LogP contribution is 2.26. The Morgan fingerprint density at radius 3 is 2.40 bits per heavy atom. The highest BCUT2D eigenvalue weighted by molar-refractivity contribution is 7.98. The van der Waals surface area contributed by atoms with Crippen LogP contribution in [0.25, 0.3) is 0 Å². The van der Waals surface area contributed by atoms with Crippen molar-refractivity contribution in [2.75, 3.05) is 5.73 Å². The van der Waals surface area contributed by atoms with E-state index in [2.05, 4.69) is 23.8 Å². The Bertz CT molecular complexity index is 574. The zero-order valence-electron chi connectivity index (χ0n) is 11.9. The Hall–Kier alpha value is -1.26. The van der Waals surface area contributed by atoms with Crippen LogP contribution in [0, 0.1) is 6.92 Å². The summed E-state index contributed by atoms with van der Waals surface area (Å²) >= 11 is 7.54. The van der Waals surface area contributed by atoms with Crippen LogP contribution < -0.4 is 5.73 Å². The molecule has 0 aliphatic heterocycles. The lowest BCUT2D eigenvalue weighted by atomic mass is 10.0. The third-order valence-corrected chi connectivity index (χ3v) is 4.23. The highest BCUT2D eigenvalue weighted by Gasteiger charge is 2.12. The molecule has 2 N–H and O–H groups in total. The Morgan fingerprint density at radius 1 is 1.20 bits per heavy atom. The van der Waals surface area contributed by atoms with Gasteiger partial charge in [-0.3, -0.25) is 0 Å². The number of nitrogens with two attached hydrogens (primary N) is 1. The van der Waals surface area contributed by atoms with Gasteiger partial charge in [0.25, 0.3) is 0 Å². The molecule has 0 spiro atoms. The molecule has 0 atom stereocenters. The quantitative estimate of drug-likeness (QED) is 0.849. The number of thioether (sulfide) groups is 1. The normalized spacial score (nSPS) is 11.1. The monoisotopic (exact) mass is 307 g/mol. The number of hydrogen-bond acceptors (Lipinski definition) is 4. The first-order chi connectivity index (χ1) is 9.47. The predicted octanol–water partition coefficient (Wildman–Crippen LogP) is 4.44. The van der Waals surface area contributed by atoms with Gasteiger partial charge in [0.1, 0.15) is 11.6 Å². The van der Waals surface area contributed by atoms with Gasteiger partial charge in [-0.2, -0.15) is 0 Å². The molecule has 0 saturated heterocycles. The maximum atomic E-state index is 6.03. The van der Waals surface area contributed by atoms with Crippen molar-refractivity contribution >= 4 is 29.2 Å². The zero-order valence-corrected chi connectivity index (χ0v) is 13.4. The van der Waals surface area contributed by atoms with Gasteiger partial charge in [0.2, 0.25) is 0 Å². The second-order valence-electron chi connectivity index (χ2n) is 4.92. The molecule has 106 valence electrons. The summed E-state index contributed by atoms with van der Waals surface area (Å²) in [5.41, 5.74) is 8.05. The Labute approximate surface area is 129 Å². The van der Waals surface area contributed by atoms with Crippen LogP contribution >= 0.6 is 23.4 Å². The van der Waals surface area contributed by atoms with Gasteiger partial charge in [0.15, 0.2) is 0 Å². The van der Waals surface area contributed by atoms with Gasteiger partial charge in [-0.25, -0.2) is 9.97 Å². The van der Waals surface area contributed by atoms with E-state index in [-0.39, 0.29) is 0 Å². The number of nitrogens with zero attached hydrogens (tertiary/aromatic N) is 2. The van der Waals surface area contributed by atoms with E-state index in [0.717, 1.165) is 27.0 Å². The average Bonchev–Trinajstić information content (AvgIpc) is 2.37. The molecule has 2 rings (SSSR count). The molecule has 0 fully saturated rings. The van der Waals surface area contributed by atoms with Crippen LogP contribution in [0.1, 0.15) is 36.8 Å². The first-order valence-electron chi connectivity index (χ1n) is 6.48. The fraction of sp³-hybridized carbons (Fsp3) is 0.333. The van der Waals surface area contributed by atoms with Gasteiger partial charge in [0, 0.05) is 21.2 Å². The Kier molecular flexibility index (Phi) is 4.89. The van der Waals surface area contributed by atoms with E-state index in [0.29, 0.717) is 17.5 Å². The number of rotatable bonds is 4. The van der Waals surface area contributed by atoms with E-state index >= 15 is 0 Å². The molecule has 1 heterocycles. The molecule has 0 aliphatic rings. The lowest BCUT2D eigenvalue weighted by molar-refractivity contribution is 0.823. The van der Waals surface area contributed by atoms with Crippen molar-refractivity contribution in [1.82, 2.24) is 9.97 Å². The third-order valence-electron chi connectivity index (χ3n) is 2.97. The fourth-order valence-corrected chi connectivity index (χ4v) is 3.00. The first-order valence-corrected chi connectivity index (χ1v) is 7.85. The molecule has 0 bridgehead atoms. The molecule has 3 nitrogen and oxygen atoms in total. The van der Waals surface area contributed by atoms with Crippen LogP contribution in [0.4, 0.5) is 5.82 Å². The van der Waals surface area contributed by atoms with Crippen LogP contribution in [-0.2, 0) is 5.75 Å². The minimum atomic E-state index is 0.341. The van der Waals surface area contributed by atoms with E-state index in [1.165, 1.54) is 0 Å². The van der Waals surface area contributed by atoms with Crippen molar-refractivity contribution in [2.24, 2.45) is 0 Å². The second kappa shape index (κ2) is 6.46. The molecule has 2 aromatic rings. The predicted molar refractivity (Wildman–Crippen MR) is 86.3 cm³/mol. The van der Waals surface area contributed by atoms with Crippen LogP contribution in [0.2, 0.25) is 5.02 Å². The Balaban J connectivity index is 2.12. The fourth-order valence-electron chi connectivity index (χ4n) is 2.12. The molecule has 0 saturated carbocycles. The number of aromatic nitrogens is 2. The van der Waals surface area contributed by atoms with Crippen LogP contribution in [0.5, 0.6) is 0 Å². The van der Waals surface area contributed by atoms with E-state index in [1.807, 2.05) is 31.2 Å². The lowest BCUT2D eigenvalue weighted by Crippen LogP contribution is -2.08. The Morgan fingerprint density at radius 2 is 1.85 bits per heavy atom. The molecular formula is C15H18ClN3S. The zero-order chi connectivity index (χ0) is 14.7. The molecule has 5 heteroatoms. The highest BCUT2D eigenvalue weighted by atomic mass is 35.5. The number of benzene rings is 1. The molecule has 20 heavy (non-hydrogen) atoms. The SMILES string of the molecule is Cc1nc(CSc2ccc(Cl)cc2)nc(N)c1C(C)C. The van der Waals surface area contributed by atoms with Crippen molar-refractivity contribution in [1.29, 1.82) is 0 Å². The van der Waals surface area contributed by atoms with Crippen molar-refractivity contribution in [3.63, 3.8) is 0 Å². The summed E-state index contributed by atoms with van der Waals surface area (Å²) in [5, 5.41) is 0.743. The number of nitrogen functional groups attached to an aromatic ring is 1. The molecule has 1 aromatic heterocycles. The van der Waals surface area contributed by atoms with Gasteiger partial charge >= 0.3 is 0 Å². The van der Waals surface area contributed by atoms with Gasteiger partial charge < -0.3 is 5.73 Å². The number of aryl methyl sites for hydroxylation is 1.